The van der Waals surface area contributed by atoms with Gasteiger partial charge >= 0.3 is 12.3 Å². The van der Waals surface area contributed by atoms with Crippen molar-refractivity contribution in [2.24, 2.45) is 0 Å². The summed E-state index contributed by atoms with van der Waals surface area (Å²) >= 11 is 0. The molecule has 4 aromatic rings. The Morgan fingerprint density at radius 3 is 2.35 bits per heavy atom. The van der Waals surface area contributed by atoms with Gasteiger partial charge in [-0.15, -0.1) is 0 Å². The molecule has 352 valence electrons. The van der Waals surface area contributed by atoms with Crippen molar-refractivity contribution < 1.29 is 46.6 Å². The maximum atomic E-state index is 14.7. The first-order valence-corrected chi connectivity index (χ1v) is 22.2. The van der Waals surface area contributed by atoms with Crippen molar-refractivity contribution in [1.29, 1.82) is 0 Å². The number of halogens is 3. The number of nitrogens with one attached hydrogen (secondary N) is 2. The van der Waals surface area contributed by atoms with Crippen molar-refractivity contribution in [3.8, 4) is 11.4 Å². The highest BCUT2D eigenvalue weighted by Crippen LogP contribution is 2.42. The molecule has 0 spiro atoms. The van der Waals surface area contributed by atoms with Crippen LogP contribution in [-0.2, 0) is 25.2 Å². The minimum absolute atomic E-state index is 0.170. The average molecular weight is 915 g/mol. The molecule has 0 unspecified atom stereocenters. The number of benzene rings is 3. The second-order valence-corrected chi connectivity index (χ2v) is 17.5. The number of amides is 4. The van der Waals surface area contributed by atoms with Crippen molar-refractivity contribution in [1.82, 2.24) is 29.8 Å². The van der Waals surface area contributed by atoms with Gasteiger partial charge in [-0.2, -0.15) is 18.3 Å². The normalized spacial score (nSPS) is 18.4. The second kappa shape index (κ2) is 20.5. The van der Waals surface area contributed by atoms with Gasteiger partial charge in [0, 0.05) is 93.3 Å². The van der Waals surface area contributed by atoms with Crippen molar-refractivity contribution in [2.45, 2.75) is 57.9 Å². The van der Waals surface area contributed by atoms with E-state index < -0.39 is 47.0 Å². The number of fused-ring (bicyclic) bond motifs is 1. The Labute approximate surface area is 382 Å². The number of nitrogens with zero attached hydrogens (tertiary/aromatic N) is 6. The molecular formula is C48H57F3N8O7. The van der Waals surface area contributed by atoms with Crippen LogP contribution in [0.15, 0.2) is 91.1 Å². The second-order valence-electron chi connectivity index (χ2n) is 17.5. The van der Waals surface area contributed by atoms with E-state index in [1.807, 2.05) is 45.0 Å². The third-order valence-electron chi connectivity index (χ3n) is 11.6. The summed E-state index contributed by atoms with van der Waals surface area (Å²) in [4.78, 5) is 62.0. The number of likely N-dealkylation sites (N-methyl/N-ethyl adjacent to an activating group) is 1. The molecule has 0 saturated carbocycles. The molecule has 1 aromatic heterocycles. The van der Waals surface area contributed by atoms with Crippen LogP contribution in [0.25, 0.3) is 5.69 Å². The quantitative estimate of drug-likeness (QED) is 0.109. The Kier molecular flexibility index (Phi) is 14.8. The molecule has 15 nitrogen and oxygen atoms in total. The molecule has 3 aliphatic rings. The number of anilines is 2. The van der Waals surface area contributed by atoms with Crippen LogP contribution in [0.3, 0.4) is 0 Å². The Bertz CT molecular complexity index is 2400. The van der Waals surface area contributed by atoms with E-state index in [4.69, 9.17) is 19.3 Å². The van der Waals surface area contributed by atoms with Gasteiger partial charge in [0.1, 0.15) is 23.2 Å². The Balaban J connectivity index is 1.12. The van der Waals surface area contributed by atoms with E-state index in [2.05, 4.69) is 27.0 Å². The first kappa shape index (κ1) is 47.7. The summed E-state index contributed by atoms with van der Waals surface area (Å²) in [6, 6.07) is 16.9. The van der Waals surface area contributed by atoms with Crippen LogP contribution in [0.4, 0.5) is 29.5 Å². The number of hydrogen-bond donors (Lipinski definition) is 2. The number of carbonyl (C=O) groups is 4. The van der Waals surface area contributed by atoms with Crippen molar-refractivity contribution in [2.75, 3.05) is 88.9 Å². The largest absolute Gasteiger partial charge is 0.493 e. The van der Waals surface area contributed by atoms with Crippen molar-refractivity contribution >= 4 is 35.3 Å². The maximum Gasteiger partial charge on any atom is 0.416 e. The summed E-state index contributed by atoms with van der Waals surface area (Å²) in [5.74, 6) is -1.64. The van der Waals surface area contributed by atoms with Crippen molar-refractivity contribution in [3.63, 3.8) is 0 Å². The maximum absolute atomic E-state index is 14.7. The fourth-order valence-electron chi connectivity index (χ4n) is 8.31. The van der Waals surface area contributed by atoms with Gasteiger partial charge in [0.05, 0.1) is 37.3 Å². The summed E-state index contributed by atoms with van der Waals surface area (Å²) < 4.78 is 59.9. The van der Waals surface area contributed by atoms with Crippen LogP contribution in [-0.4, -0.2) is 139 Å². The van der Waals surface area contributed by atoms with E-state index in [1.165, 1.54) is 11.0 Å². The Morgan fingerprint density at radius 1 is 0.909 bits per heavy atom. The topological polar surface area (TPSA) is 151 Å². The number of ether oxygens (including phenoxy) is 3. The zero-order valence-electron chi connectivity index (χ0n) is 37.7. The molecule has 3 aliphatic heterocycles. The predicted molar refractivity (Wildman–Crippen MR) is 242 cm³/mol. The fraction of sp³-hybridized carbons (Fsp3) is 0.438. The summed E-state index contributed by atoms with van der Waals surface area (Å²) in [5, 5.41) is 10.4. The standard InChI is InChI=1S/C48H57F3N8O7/c1-6-58-44-39(30-52-59(44)37-15-9-16-38(29-37)65-24-10-17-55-18-20-57(21-19-55)46(63)66-47(3,4)5)40(41(45(58)62)54-43(61)34-12-7-13-35(27-34)48(49,50)51)33-11-8-14-36(28-33)53-42(60)32(2)31-56-22-25-64-26-23-56/h7-9,11-16,27-30,40-41H,2,6,10,17-26,31H2,1,3-5H3,(H,53,60)(H,54,61)/t40-,41+/m1/s1. The lowest BCUT2D eigenvalue weighted by Crippen LogP contribution is -2.55. The van der Waals surface area contributed by atoms with E-state index in [0.29, 0.717) is 92.2 Å². The van der Waals surface area contributed by atoms with Crippen molar-refractivity contribution in [3.05, 3.63) is 113 Å². The minimum atomic E-state index is -4.69. The molecule has 4 heterocycles. The monoisotopic (exact) mass is 914 g/mol. The highest BCUT2D eigenvalue weighted by Gasteiger charge is 2.45. The Morgan fingerprint density at radius 2 is 1.64 bits per heavy atom. The lowest BCUT2D eigenvalue weighted by Gasteiger charge is -2.38. The van der Waals surface area contributed by atoms with E-state index in [0.717, 1.165) is 44.3 Å². The lowest BCUT2D eigenvalue weighted by molar-refractivity contribution is -0.137. The van der Waals surface area contributed by atoms with E-state index in [9.17, 15) is 32.3 Å². The number of hydrogen-bond acceptors (Lipinski definition) is 10. The van der Waals surface area contributed by atoms with Crippen LogP contribution in [0.5, 0.6) is 5.75 Å². The molecule has 0 radical (unpaired) electrons. The van der Waals surface area contributed by atoms with Gasteiger partial charge in [-0.05, 0) is 82.1 Å². The molecule has 66 heavy (non-hydrogen) atoms. The molecule has 2 N–H and O–H groups in total. The highest BCUT2D eigenvalue weighted by molar-refractivity contribution is 6.06. The molecular weight excluding hydrogens is 858 g/mol. The molecule has 7 rings (SSSR count). The van der Waals surface area contributed by atoms with Gasteiger partial charge in [0.2, 0.25) is 0 Å². The van der Waals surface area contributed by atoms with E-state index in [-0.39, 0.29) is 18.2 Å². The SMILES string of the molecule is C=C(CN1CCOCC1)C(=O)Nc1cccc([C@@H]2c3cnn(-c4cccc(OCCCN5CCN(C(=O)OC(C)(C)C)CC5)c4)c3N(CC)C(=O)[C@H]2NC(=O)c2cccc(C(F)(F)F)c2)c1. The smallest absolute Gasteiger partial charge is 0.416 e. The number of aromatic nitrogens is 2. The van der Waals surface area contributed by atoms with Gasteiger partial charge in [-0.1, -0.05) is 30.8 Å². The third kappa shape index (κ3) is 11.6. The van der Waals surface area contributed by atoms with Crippen LogP contribution in [0.1, 0.15) is 67.1 Å². The molecule has 2 saturated heterocycles. The minimum Gasteiger partial charge on any atom is -0.493 e. The zero-order chi connectivity index (χ0) is 47.2. The molecule has 0 bridgehead atoms. The van der Waals surface area contributed by atoms with Crippen LogP contribution < -0.4 is 20.3 Å². The number of rotatable bonds is 14. The molecule has 3 aromatic carbocycles. The summed E-state index contributed by atoms with van der Waals surface area (Å²) in [6.07, 6.45) is -2.64. The Hall–Kier alpha value is -6.24. The van der Waals surface area contributed by atoms with Gasteiger partial charge in [0.15, 0.2) is 0 Å². The summed E-state index contributed by atoms with van der Waals surface area (Å²) in [7, 11) is 0. The van der Waals surface area contributed by atoms with E-state index in [1.54, 1.807) is 47.0 Å². The fourth-order valence-corrected chi connectivity index (χ4v) is 8.31. The molecule has 4 amide bonds. The molecule has 18 heteroatoms. The first-order valence-electron chi connectivity index (χ1n) is 22.2. The van der Waals surface area contributed by atoms with E-state index >= 15 is 0 Å². The third-order valence-corrected chi connectivity index (χ3v) is 11.6. The zero-order valence-corrected chi connectivity index (χ0v) is 37.7. The summed E-state index contributed by atoms with van der Waals surface area (Å²) in [5.41, 5.74) is 0.646. The van der Waals surface area contributed by atoms with Crippen LogP contribution >= 0.6 is 0 Å². The highest BCUT2D eigenvalue weighted by atomic mass is 19.4. The number of morpholine rings is 1. The first-order chi connectivity index (χ1) is 31.5. The molecule has 0 aliphatic carbocycles. The number of piperazine rings is 1. The predicted octanol–water partition coefficient (Wildman–Crippen LogP) is 6.34. The molecule has 2 atom stereocenters. The van der Waals surface area contributed by atoms with Gasteiger partial charge < -0.3 is 29.7 Å². The number of carbonyl (C=O) groups excluding carboxylic acids is 4. The molecule has 2 fully saturated rings. The van der Waals surface area contributed by atoms with Gasteiger partial charge in [-0.25, -0.2) is 9.48 Å². The average Bonchev–Trinajstić information content (AvgIpc) is 3.72. The van der Waals surface area contributed by atoms with Gasteiger partial charge in [-0.3, -0.25) is 29.1 Å². The summed E-state index contributed by atoms with van der Waals surface area (Å²) in [6.45, 7) is 18.2. The lowest BCUT2D eigenvalue weighted by atomic mass is 9.82. The van der Waals surface area contributed by atoms with Gasteiger partial charge in [0.25, 0.3) is 17.7 Å². The number of alkyl halides is 3. The van der Waals surface area contributed by atoms with Crippen LogP contribution in [0, 0.1) is 0 Å². The van der Waals surface area contributed by atoms with Crippen LogP contribution in [0.2, 0.25) is 0 Å².